The van der Waals surface area contributed by atoms with Crippen molar-refractivity contribution >= 4 is 5.97 Å². The Morgan fingerprint density at radius 3 is 2.63 bits per heavy atom. The predicted molar refractivity (Wildman–Crippen MR) is 70.3 cm³/mol. The summed E-state index contributed by atoms with van der Waals surface area (Å²) < 4.78 is 4.97. The Morgan fingerprint density at radius 1 is 1.42 bits per heavy atom. The Morgan fingerprint density at radius 2 is 2.11 bits per heavy atom. The predicted octanol–water partition coefficient (Wildman–Crippen LogP) is 2.54. The molecule has 1 aliphatic rings. The van der Waals surface area contributed by atoms with Crippen LogP contribution in [0.1, 0.15) is 49.3 Å². The second-order valence-corrected chi connectivity index (χ2v) is 5.11. The van der Waals surface area contributed by atoms with Crippen LogP contribution in [0.4, 0.5) is 0 Å². The van der Waals surface area contributed by atoms with Crippen LogP contribution in [-0.2, 0) is 4.79 Å². The molecule has 104 valence electrons. The van der Waals surface area contributed by atoms with Crippen molar-refractivity contribution in [3.63, 3.8) is 0 Å². The molecule has 2 rings (SSSR count). The largest absolute Gasteiger partial charge is 0.481 e. The Hall–Kier alpha value is -1.65. The Kier molecular flexibility index (Phi) is 4.35. The lowest BCUT2D eigenvalue weighted by Gasteiger charge is -2.28. The molecule has 1 saturated carbocycles. The highest BCUT2D eigenvalue weighted by atomic mass is 16.5. The van der Waals surface area contributed by atoms with Gasteiger partial charge in [-0.05, 0) is 25.7 Å². The van der Waals surface area contributed by atoms with Gasteiger partial charge in [-0.1, -0.05) is 19.3 Å². The molecule has 0 saturated heterocycles. The van der Waals surface area contributed by atoms with Gasteiger partial charge < -0.3 is 9.84 Å². The van der Waals surface area contributed by atoms with Crippen LogP contribution < -0.4 is 4.74 Å². The molecule has 1 aromatic heterocycles. The number of carbonyl (C=O) groups is 1. The molecule has 0 amide bonds. The topological polar surface area (TPSA) is 72.3 Å². The van der Waals surface area contributed by atoms with Crippen LogP contribution in [0.5, 0.6) is 6.01 Å². The van der Waals surface area contributed by atoms with Crippen LogP contribution in [0.25, 0.3) is 0 Å². The highest BCUT2D eigenvalue weighted by molar-refractivity contribution is 5.76. The summed E-state index contributed by atoms with van der Waals surface area (Å²) in [6.07, 6.45) is 7.00. The van der Waals surface area contributed by atoms with E-state index < -0.39 is 11.9 Å². The van der Waals surface area contributed by atoms with Crippen LogP contribution in [0.3, 0.4) is 0 Å². The normalized spacial score (nSPS) is 18.0. The molecule has 0 bridgehead atoms. The van der Waals surface area contributed by atoms with Crippen molar-refractivity contribution in [3.05, 3.63) is 17.5 Å². The number of methoxy groups -OCH3 is 1. The first kappa shape index (κ1) is 13.8. The van der Waals surface area contributed by atoms with Crippen molar-refractivity contribution in [2.45, 2.75) is 44.9 Å². The summed E-state index contributed by atoms with van der Waals surface area (Å²) in [5.74, 6) is -1.07. The van der Waals surface area contributed by atoms with Gasteiger partial charge in [-0.2, -0.15) is 0 Å². The third kappa shape index (κ3) is 3.03. The summed E-state index contributed by atoms with van der Waals surface area (Å²) in [5.41, 5.74) is 1.42. The average Bonchev–Trinajstić information content (AvgIpc) is 2.41. The number of carboxylic acids is 1. The first-order chi connectivity index (χ1) is 9.13. The minimum Gasteiger partial charge on any atom is -0.481 e. The number of hydrogen-bond acceptors (Lipinski definition) is 4. The molecular weight excluding hydrogens is 244 g/mol. The summed E-state index contributed by atoms with van der Waals surface area (Å²) >= 11 is 0. The Labute approximate surface area is 113 Å². The van der Waals surface area contributed by atoms with Gasteiger partial charge in [0.1, 0.15) is 0 Å². The van der Waals surface area contributed by atoms with Gasteiger partial charge in [0.2, 0.25) is 0 Å². The Bertz CT molecular complexity index is 456. The zero-order valence-electron chi connectivity index (χ0n) is 11.4. The number of hydrogen-bond donors (Lipinski definition) is 1. The van der Waals surface area contributed by atoms with E-state index in [2.05, 4.69) is 9.97 Å². The maximum Gasteiger partial charge on any atom is 0.316 e. The van der Waals surface area contributed by atoms with E-state index in [0.717, 1.165) is 31.2 Å². The van der Waals surface area contributed by atoms with Crippen molar-refractivity contribution in [3.8, 4) is 6.01 Å². The van der Waals surface area contributed by atoms with Crippen molar-refractivity contribution < 1.29 is 14.6 Å². The molecule has 19 heavy (non-hydrogen) atoms. The van der Waals surface area contributed by atoms with Gasteiger partial charge in [0.15, 0.2) is 0 Å². The van der Waals surface area contributed by atoms with E-state index in [9.17, 15) is 9.90 Å². The zero-order valence-corrected chi connectivity index (χ0v) is 11.4. The molecule has 0 spiro atoms. The lowest BCUT2D eigenvalue weighted by Crippen LogP contribution is -2.25. The number of aliphatic carboxylic acids is 1. The molecule has 1 aromatic rings. The van der Waals surface area contributed by atoms with Gasteiger partial charge in [-0.3, -0.25) is 4.79 Å². The van der Waals surface area contributed by atoms with Gasteiger partial charge in [0.25, 0.3) is 0 Å². The fourth-order valence-corrected chi connectivity index (χ4v) is 2.91. The fourth-order valence-electron chi connectivity index (χ4n) is 2.91. The van der Waals surface area contributed by atoms with E-state index in [-0.39, 0.29) is 11.9 Å². The van der Waals surface area contributed by atoms with Crippen LogP contribution in [-0.4, -0.2) is 28.2 Å². The number of aromatic nitrogens is 2. The van der Waals surface area contributed by atoms with E-state index in [1.165, 1.54) is 13.5 Å². The van der Waals surface area contributed by atoms with Gasteiger partial charge in [-0.25, -0.2) is 9.97 Å². The minimum absolute atomic E-state index is 0.196. The van der Waals surface area contributed by atoms with E-state index in [0.29, 0.717) is 5.69 Å². The van der Waals surface area contributed by atoms with E-state index in [4.69, 9.17) is 4.74 Å². The van der Waals surface area contributed by atoms with E-state index in [1.807, 2.05) is 6.92 Å². The zero-order chi connectivity index (χ0) is 13.8. The molecule has 5 nitrogen and oxygen atoms in total. The maximum atomic E-state index is 11.6. The number of rotatable bonds is 4. The summed E-state index contributed by atoms with van der Waals surface area (Å²) in [7, 11) is 1.50. The summed E-state index contributed by atoms with van der Waals surface area (Å²) in [5, 5.41) is 9.54. The number of nitrogens with zero attached hydrogens (tertiary/aromatic N) is 2. The quantitative estimate of drug-likeness (QED) is 0.904. The number of ether oxygens (including phenoxy) is 1. The van der Waals surface area contributed by atoms with Crippen molar-refractivity contribution in [1.82, 2.24) is 9.97 Å². The maximum absolute atomic E-state index is 11.6. The average molecular weight is 264 g/mol. The lowest BCUT2D eigenvalue weighted by atomic mass is 9.77. The Balaban J connectivity index is 2.30. The molecule has 0 aliphatic heterocycles. The summed E-state index contributed by atoms with van der Waals surface area (Å²) in [6, 6.07) is 0.286. The third-order valence-electron chi connectivity index (χ3n) is 3.90. The first-order valence-electron chi connectivity index (χ1n) is 6.73. The second-order valence-electron chi connectivity index (χ2n) is 5.11. The third-order valence-corrected chi connectivity index (χ3v) is 3.90. The monoisotopic (exact) mass is 264 g/mol. The van der Waals surface area contributed by atoms with Gasteiger partial charge in [0, 0.05) is 17.5 Å². The first-order valence-corrected chi connectivity index (χ1v) is 6.73. The van der Waals surface area contributed by atoms with E-state index >= 15 is 0 Å². The number of aryl methyl sites for hydroxylation is 1. The second kappa shape index (κ2) is 5.99. The van der Waals surface area contributed by atoms with E-state index in [1.54, 1.807) is 6.20 Å². The van der Waals surface area contributed by atoms with Crippen LogP contribution in [0.15, 0.2) is 6.20 Å². The smallest absolute Gasteiger partial charge is 0.316 e. The van der Waals surface area contributed by atoms with Crippen molar-refractivity contribution in [2.75, 3.05) is 7.11 Å². The lowest BCUT2D eigenvalue weighted by molar-refractivity contribution is -0.140. The van der Waals surface area contributed by atoms with Gasteiger partial charge >= 0.3 is 12.0 Å². The summed E-state index contributed by atoms with van der Waals surface area (Å²) in [6.45, 7) is 1.82. The molecule has 1 fully saturated rings. The molecule has 1 unspecified atom stereocenters. The highest BCUT2D eigenvalue weighted by Crippen LogP contribution is 2.37. The molecule has 0 aromatic carbocycles. The highest BCUT2D eigenvalue weighted by Gasteiger charge is 2.32. The van der Waals surface area contributed by atoms with Gasteiger partial charge in [0.05, 0.1) is 13.0 Å². The van der Waals surface area contributed by atoms with Crippen molar-refractivity contribution in [2.24, 2.45) is 5.92 Å². The summed E-state index contributed by atoms with van der Waals surface area (Å²) in [4.78, 5) is 19.9. The molecular formula is C14H20N2O3. The number of carboxylic acid groups (broad SMARTS) is 1. The minimum atomic E-state index is -0.774. The molecule has 1 atom stereocenters. The molecule has 5 heteroatoms. The van der Waals surface area contributed by atoms with Gasteiger partial charge in [-0.15, -0.1) is 0 Å². The fraction of sp³-hybridized carbons (Fsp3) is 0.643. The van der Waals surface area contributed by atoms with Crippen LogP contribution in [0.2, 0.25) is 0 Å². The van der Waals surface area contributed by atoms with Crippen molar-refractivity contribution in [1.29, 1.82) is 0 Å². The molecule has 1 aliphatic carbocycles. The standard InChI is InChI=1S/C14H20N2O3/c1-9-11(8-15-14(16-9)19-2)12(13(17)18)10-6-4-3-5-7-10/h8,10,12H,3-7H2,1-2H3,(H,17,18). The van der Waals surface area contributed by atoms with Crippen LogP contribution in [0, 0.1) is 12.8 Å². The molecule has 1 heterocycles. The SMILES string of the molecule is COc1ncc(C(C(=O)O)C2CCCCC2)c(C)n1. The molecule has 1 N–H and O–H groups in total. The van der Waals surface area contributed by atoms with Crippen LogP contribution >= 0.6 is 0 Å². The molecule has 0 radical (unpaired) electrons.